The van der Waals surface area contributed by atoms with Crippen LogP contribution in [0.25, 0.3) is 5.57 Å². The third-order valence-electron chi connectivity index (χ3n) is 3.99. The number of anilines is 1. The van der Waals surface area contributed by atoms with E-state index in [1.54, 1.807) is 5.57 Å². The molecule has 0 bridgehead atoms. The summed E-state index contributed by atoms with van der Waals surface area (Å²) in [6.07, 6.45) is 10.4. The molecule has 0 atom stereocenters. The molecular weight excluding hydrogens is 206 g/mol. The standard InChI is InChI=1S/C16H21N/c1-2-8-14(9-3-1)15-10-4-5-11-16(15)17-12-6-7-13-17/h4-5,8,10-11H,1-3,6-7,9,12-13H2. The van der Waals surface area contributed by atoms with Gasteiger partial charge in [-0.05, 0) is 50.2 Å². The van der Waals surface area contributed by atoms with E-state index in [2.05, 4.69) is 35.2 Å². The van der Waals surface area contributed by atoms with Crippen molar-refractivity contribution in [3.8, 4) is 0 Å². The predicted molar refractivity (Wildman–Crippen MR) is 74.3 cm³/mol. The van der Waals surface area contributed by atoms with Gasteiger partial charge >= 0.3 is 0 Å². The molecule has 1 saturated heterocycles. The fraction of sp³-hybridized carbons (Fsp3) is 0.500. The molecule has 0 radical (unpaired) electrons. The van der Waals surface area contributed by atoms with E-state index in [0.29, 0.717) is 0 Å². The van der Waals surface area contributed by atoms with Crippen molar-refractivity contribution in [2.24, 2.45) is 0 Å². The number of hydrogen-bond acceptors (Lipinski definition) is 1. The van der Waals surface area contributed by atoms with E-state index < -0.39 is 0 Å². The van der Waals surface area contributed by atoms with Gasteiger partial charge in [-0.3, -0.25) is 0 Å². The monoisotopic (exact) mass is 227 g/mol. The molecule has 0 spiro atoms. The van der Waals surface area contributed by atoms with Crippen LogP contribution in [-0.2, 0) is 0 Å². The summed E-state index contributed by atoms with van der Waals surface area (Å²) in [5.74, 6) is 0. The van der Waals surface area contributed by atoms with E-state index in [1.807, 2.05) is 0 Å². The molecule has 3 rings (SSSR count). The topological polar surface area (TPSA) is 3.24 Å². The third kappa shape index (κ3) is 2.24. The van der Waals surface area contributed by atoms with Crippen molar-refractivity contribution in [1.82, 2.24) is 0 Å². The number of benzene rings is 1. The lowest BCUT2D eigenvalue weighted by Crippen LogP contribution is -2.19. The van der Waals surface area contributed by atoms with Crippen LogP contribution < -0.4 is 4.90 Å². The van der Waals surface area contributed by atoms with E-state index in [0.717, 1.165) is 0 Å². The first-order valence-corrected chi connectivity index (χ1v) is 6.98. The van der Waals surface area contributed by atoms with E-state index in [9.17, 15) is 0 Å². The molecule has 2 aliphatic rings. The van der Waals surface area contributed by atoms with Gasteiger partial charge in [0.25, 0.3) is 0 Å². The molecule has 1 nitrogen and oxygen atoms in total. The molecule has 1 fully saturated rings. The summed E-state index contributed by atoms with van der Waals surface area (Å²) in [7, 11) is 0. The van der Waals surface area contributed by atoms with Crippen LogP contribution in [0.15, 0.2) is 30.3 Å². The van der Waals surface area contributed by atoms with Gasteiger partial charge in [-0.2, -0.15) is 0 Å². The fourth-order valence-electron chi connectivity index (χ4n) is 3.06. The van der Waals surface area contributed by atoms with Gasteiger partial charge in [0, 0.05) is 24.3 Å². The largest absolute Gasteiger partial charge is 0.371 e. The second-order valence-electron chi connectivity index (χ2n) is 5.19. The van der Waals surface area contributed by atoms with Crippen molar-refractivity contribution in [3.63, 3.8) is 0 Å². The quantitative estimate of drug-likeness (QED) is 0.730. The van der Waals surface area contributed by atoms with Gasteiger partial charge in [0.15, 0.2) is 0 Å². The Kier molecular flexibility index (Phi) is 3.17. The fourth-order valence-corrected chi connectivity index (χ4v) is 3.06. The zero-order valence-electron chi connectivity index (χ0n) is 10.5. The van der Waals surface area contributed by atoms with Crippen molar-refractivity contribution in [1.29, 1.82) is 0 Å². The summed E-state index contributed by atoms with van der Waals surface area (Å²) >= 11 is 0. The van der Waals surface area contributed by atoms with Crippen molar-refractivity contribution in [2.45, 2.75) is 38.5 Å². The first-order chi connectivity index (χ1) is 8.45. The van der Waals surface area contributed by atoms with Gasteiger partial charge in [-0.15, -0.1) is 0 Å². The SMILES string of the molecule is C1=C(c2ccccc2N2CCCC2)CCCC1. The van der Waals surface area contributed by atoms with E-state index >= 15 is 0 Å². The lowest BCUT2D eigenvalue weighted by molar-refractivity contribution is 0.741. The number of nitrogens with zero attached hydrogens (tertiary/aromatic N) is 1. The Morgan fingerprint density at radius 3 is 2.47 bits per heavy atom. The maximum Gasteiger partial charge on any atom is 0.0442 e. The number of para-hydroxylation sites is 1. The van der Waals surface area contributed by atoms with Crippen LogP contribution in [0.3, 0.4) is 0 Å². The molecule has 0 aromatic heterocycles. The molecule has 0 saturated carbocycles. The highest BCUT2D eigenvalue weighted by molar-refractivity contribution is 5.77. The summed E-state index contributed by atoms with van der Waals surface area (Å²) in [5.41, 5.74) is 4.55. The Balaban J connectivity index is 1.94. The summed E-state index contributed by atoms with van der Waals surface area (Å²) in [4.78, 5) is 2.56. The molecule has 90 valence electrons. The van der Waals surface area contributed by atoms with Crippen molar-refractivity contribution >= 4 is 11.3 Å². The molecule has 1 aromatic carbocycles. The zero-order valence-corrected chi connectivity index (χ0v) is 10.5. The average molecular weight is 227 g/mol. The lowest BCUT2D eigenvalue weighted by atomic mass is 9.92. The highest BCUT2D eigenvalue weighted by atomic mass is 15.1. The first kappa shape index (κ1) is 10.9. The van der Waals surface area contributed by atoms with Crippen LogP contribution >= 0.6 is 0 Å². The molecule has 1 heteroatoms. The van der Waals surface area contributed by atoms with Crippen molar-refractivity contribution in [3.05, 3.63) is 35.9 Å². The molecule has 1 aromatic rings. The van der Waals surface area contributed by atoms with E-state index in [-0.39, 0.29) is 0 Å². The molecule has 0 N–H and O–H groups in total. The molecular formula is C16H21N. The summed E-state index contributed by atoms with van der Waals surface area (Å²) in [6.45, 7) is 2.48. The zero-order chi connectivity index (χ0) is 11.5. The minimum Gasteiger partial charge on any atom is -0.371 e. The van der Waals surface area contributed by atoms with E-state index in [4.69, 9.17) is 0 Å². The second-order valence-corrected chi connectivity index (χ2v) is 5.19. The van der Waals surface area contributed by atoms with Crippen LogP contribution in [0, 0.1) is 0 Å². The third-order valence-corrected chi connectivity index (χ3v) is 3.99. The molecule has 0 amide bonds. The first-order valence-electron chi connectivity index (χ1n) is 6.98. The summed E-state index contributed by atoms with van der Waals surface area (Å²) in [5, 5.41) is 0. The number of rotatable bonds is 2. The Hall–Kier alpha value is -1.24. The van der Waals surface area contributed by atoms with Crippen LogP contribution in [0.4, 0.5) is 5.69 Å². The normalized spacial score (nSPS) is 20.5. The van der Waals surface area contributed by atoms with Gasteiger partial charge in [0.1, 0.15) is 0 Å². The Morgan fingerprint density at radius 1 is 0.882 bits per heavy atom. The van der Waals surface area contributed by atoms with Gasteiger partial charge in [0.2, 0.25) is 0 Å². The number of allylic oxidation sites excluding steroid dienone is 2. The van der Waals surface area contributed by atoms with Crippen LogP contribution in [0.5, 0.6) is 0 Å². The van der Waals surface area contributed by atoms with Gasteiger partial charge in [-0.25, -0.2) is 0 Å². The van der Waals surface area contributed by atoms with Crippen LogP contribution in [-0.4, -0.2) is 13.1 Å². The molecule has 1 aliphatic carbocycles. The predicted octanol–water partition coefficient (Wildman–Crippen LogP) is 4.24. The Bertz CT molecular complexity index is 413. The maximum absolute atomic E-state index is 2.56. The highest BCUT2D eigenvalue weighted by Crippen LogP contribution is 2.34. The summed E-state index contributed by atoms with van der Waals surface area (Å²) < 4.78 is 0. The maximum atomic E-state index is 2.56. The molecule has 0 unspecified atom stereocenters. The Labute approximate surface area is 104 Å². The van der Waals surface area contributed by atoms with Gasteiger partial charge < -0.3 is 4.90 Å². The minimum atomic E-state index is 1.24. The molecule has 17 heavy (non-hydrogen) atoms. The smallest absolute Gasteiger partial charge is 0.0442 e. The Morgan fingerprint density at radius 2 is 1.71 bits per heavy atom. The number of hydrogen-bond donors (Lipinski definition) is 0. The molecule has 1 heterocycles. The lowest BCUT2D eigenvalue weighted by Gasteiger charge is -2.24. The van der Waals surface area contributed by atoms with Gasteiger partial charge in [0.05, 0.1) is 0 Å². The minimum absolute atomic E-state index is 1.24. The highest BCUT2D eigenvalue weighted by Gasteiger charge is 2.17. The average Bonchev–Trinajstić information content (AvgIpc) is 2.94. The van der Waals surface area contributed by atoms with Crippen LogP contribution in [0.2, 0.25) is 0 Å². The second kappa shape index (κ2) is 4.95. The van der Waals surface area contributed by atoms with Crippen molar-refractivity contribution < 1.29 is 0 Å². The van der Waals surface area contributed by atoms with Crippen molar-refractivity contribution in [2.75, 3.05) is 18.0 Å². The van der Waals surface area contributed by atoms with Crippen LogP contribution in [0.1, 0.15) is 44.1 Å². The van der Waals surface area contributed by atoms with Gasteiger partial charge in [-0.1, -0.05) is 24.3 Å². The molecule has 1 aliphatic heterocycles. The summed E-state index contributed by atoms with van der Waals surface area (Å²) in [6, 6.07) is 8.98. The van der Waals surface area contributed by atoms with E-state index in [1.165, 1.54) is 62.9 Å².